The van der Waals surface area contributed by atoms with E-state index in [4.69, 9.17) is 9.47 Å². The second-order valence-corrected chi connectivity index (χ2v) is 11.5. The molecule has 0 spiro atoms. The Morgan fingerprint density at radius 1 is 0.862 bits per heavy atom. The molecule has 3 rings (SSSR count). The first kappa shape index (κ1) is 21.4. The van der Waals surface area contributed by atoms with E-state index in [0.29, 0.717) is 30.4 Å². The number of rotatable bonds is 6. The van der Waals surface area contributed by atoms with Crippen molar-refractivity contribution in [3.05, 3.63) is 42.0 Å². The van der Waals surface area contributed by atoms with Crippen LogP contribution >= 0.6 is 0 Å². The van der Waals surface area contributed by atoms with Gasteiger partial charge >= 0.3 is 0 Å². The van der Waals surface area contributed by atoms with Crippen molar-refractivity contribution in [3.63, 3.8) is 0 Å². The quantitative estimate of drug-likeness (QED) is 0.738. The Balaban J connectivity index is 2.03. The molecule has 0 saturated carbocycles. The molecule has 29 heavy (non-hydrogen) atoms. The van der Waals surface area contributed by atoms with Gasteiger partial charge in [-0.3, -0.25) is 0 Å². The standard InChI is InChI=1S/C20H25NO6S2/c1-13(2)20(14-5-8-17-18(11-14)27-10-9-26-17)21-16-7-6-15(28(3,22)23)12-19(16)29(4,24)25/h5-8,11-13,20-21H,9-10H2,1-4H3. The third kappa shape index (κ3) is 4.84. The van der Waals surface area contributed by atoms with Crippen LogP contribution in [0.4, 0.5) is 5.69 Å². The van der Waals surface area contributed by atoms with Crippen molar-refractivity contribution in [1.29, 1.82) is 0 Å². The van der Waals surface area contributed by atoms with Gasteiger partial charge in [0.25, 0.3) is 0 Å². The largest absolute Gasteiger partial charge is 0.486 e. The van der Waals surface area contributed by atoms with Gasteiger partial charge in [-0.1, -0.05) is 19.9 Å². The summed E-state index contributed by atoms with van der Waals surface area (Å²) in [6.45, 7) is 5.00. The van der Waals surface area contributed by atoms with Crippen LogP contribution in [0, 0.1) is 5.92 Å². The minimum absolute atomic E-state index is 0.0381. The first-order valence-electron chi connectivity index (χ1n) is 9.17. The zero-order chi connectivity index (χ0) is 21.4. The SMILES string of the molecule is CC(C)C(Nc1ccc(S(C)(=O)=O)cc1S(C)(=O)=O)c1ccc2c(c1)OCCO2. The molecule has 7 nitrogen and oxygen atoms in total. The third-order valence-electron chi connectivity index (χ3n) is 4.68. The van der Waals surface area contributed by atoms with Crippen molar-refractivity contribution in [1.82, 2.24) is 0 Å². The molecule has 158 valence electrons. The number of nitrogens with one attached hydrogen (secondary N) is 1. The van der Waals surface area contributed by atoms with E-state index in [1.54, 1.807) is 0 Å². The molecular formula is C20H25NO6S2. The van der Waals surface area contributed by atoms with Gasteiger partial charge in [0.1, 0.15) is 13.2 Å². The highest BCUT2D eigenvalue weighted by Gasteiger charge is 2.24. The van der Waals surface area contributed by atoms with E-state index < -0.39 is 19.7 Å². The van der Waals surface area contributed by atoms with Crippen LogP contribution in [0.15, 0.2) is 46.2 Å². The lowest BCUT2D eigenvalue weighted by molar-refractivity contribution is 0.171. The predicted molar refractivity (Wildman–Crippen MR) is 111 cm³/mol. The van der Waals surface area contributed by atoms with Gasteiger partial charge in [-0.25, -0.2) is 16.8 Å². The monoisotopic (exact) mass is 439 g/mol. The fraction of sp³-hybridized carbons (Fsp3) is 0.400. The van der Waals surface area contributed by atoms with Gasteiger partial charge in [-0.05, 0) is 41.8 Å². The van der Waals surface area contributed by atoms with E-state index in [2.05, 4.69) is 5.32 Å². The molecular weight excluding hydrogens is 414 g/mol. The third-order valence-corrected chi connectivity index (χ3v) is 6.93. The molecule has 0 fully saturated rings. The normalized spacial score (nSPS) is 15.2. The van der Waals surface area contributed by atoms with Crippen LogP contribution in [0.25, 0.3) is 0 Å². The summed E-state index contributed by atoms with van der Waals surface area (Å²) in [6, 6.07) is 9.52. The van der Waals surface area contributed by atoms with Gasteiger partial charge in [-0.2, -0.15) is 0 Å². The van der Waals surface area contributed by atoms with Crippen molar-refractivity contribution in [2.24, 2.45) is 5.92 Å². The van der Waals surface area contributed by atoms with Gasteiger partial charge in [0, 0.05) is 12.5 Å². The zero-order valence-electron chi connectivity index (χ0n) is 16.8. The van der Waals surface area contributed by atoms with Gasteiger partial charge in [0.05, 0.1) is 21.5 Å². The predicted octanol–water partition coefficient (Wildman–Crippen LogP) is 3.07. The Bertz CT molecular complexity index is 1120. The Hall–Kier alpha value is -2.26. The topological polar surface area (TPSA) is 98.8 Å². The van der Waals surface area contributed by atoms with Gasteiger partial charge in [0.2, 0.25) is 0 Å². The number of benzene rings is 2. The molecule has 0 aromatic heterocycles. The lowest BCUT2D eigenvalue weighted by Crippen LogP contribution is -2.20. The highest BCUT2D eigenvalue weighted by Crippen LogP contribution is 2.37. The molecule has 1 aliphatic rings. The Morgan fingerprint density at radius 2 is 1.52 bits per heavy atom. The van der Waals surface area contributed by atoms with Gasteiger partial charge in [-0.15, -0.1) is 0 Å². The summed E-state index contributed by atoms with van der Waals surface area (Å²) in [5.74, 6) is 1.44. The molecule has 0 bridgehead atoms. The molecule has 2 aromatic rings. The lowest BCUT2D eigenvalue weighted by atomic mass is 9.95. The van der Waals surface area contributed by atoms with Crippen LogP contribution in [-0.4, -0.2) is 42.6 Å². The molecule has 0 aliphatic carbocycles. The minimum Gasteiger partial charge on any atom is -0.486 e. The Labute approximate surface area is 171 Å². The lowest BCUT2D eigenvalue weighted by Gasteiger charge is -2.27. The first-order valence-corrected chi connectivity index (χ1v) is 13.0. The number of fused-ring (bicyclic) bond motifs is 1. The number of hydrogen-bond acceptors (Lipinski definition) is 7. The van der Waals surface area contributed by atoms with Crippen LogP contribution < -0.4 is 14.8 Å². The maximum Gasteiger partial charge on any atom is 0.177 e. The number of anilines is 1. The first-order chi connectivity index (χ1) is 13.5. The Kier molecular flexibility index (Phi) is 5.82. The van der Waals surface area contributed by atoms with Crippen molar-refractivity contribution in [3.8, 4) is 11.5 Å². The van der Waals surface area contributed by atoms with Crippen LogP contribution in [-0.2, 0) is 19.7 Å². The summed E-state index contributed by atoms with van der Waals surface area (Å²) in [4.78, 5) is -0.0903. The molecule has 1 heterocycles. The second-order valence-electron chi connectivity index (χ2n) is 7.47. The molecule has 1 unspecified atom stereocenters. The molecule has 0 amide bonds. The van der Waals surface area contributed by atoms with Crippen molar-refractivity contribution < 1.29 is 26.3 Å². The maximum atomic E-state index is 12.3. The van der Waals surface area contributed by atoms with Crippen LogP contribution in [0.2, 0.25) is 0 Å². The Morgan fingerprint density at radius 3 is 2.10 bits per heavy atom. The smallest absolute Gasteiger partial charge is 0.177 e. The summed E-state index contributed by atoms with van der Waals surface area (Å²) < 4.78 is 59.6. The van der Waals surface area contributed by atoms with Gasteiger partial charge < -0.3 is 14.8 Å². The average Bonchev–Trinajstić information content (AvgIpc) is 2.64. The number of hydrogen-bond donors (Lipinski definition) is 1. The maximum absolute atomic E-state index is 12.3. The van der Waals surface area contributed by atoms with E-state index >= 15 is 0 Å². The molecule has 0 radical (unpaired) electrons. The summed E-state index contributed by atoms with van der Waals surface area (Å²) in [5.41, 5.74) is 1.27. The number of ether oxygens (including phenoxy) is 2. The van der Waals surface area contributed by atoms with Crippen LogP contribution in [0.1, 0.15) is 25.5 Å². The van der Waals surface area contributed by atoms with E-state index in [1.807, 2.05) is 32.0 Å². The number of sulfone groups is 2. The highest BCUT2D eigenvalue weighted by atomic mass is 32.2. The molecule has 0 saturated heterocycles. The van der Waals surface area contributed by atoms with Gasteiger partial charge in [0.15, 0.2) is 31.2 Å². The van der Waals surface area contributed by atoms with Crippen molar-refractivity contribution >= 4 is 25.4 Å². The molecule has 9 heteroatoms. The molecule has 2 aromatic carbocycles. The fourth-order valence-corrected chi connectivity index (χ4v) is 4.80. The summed E-state index contributed by atoms with van der Waals surface area (Å²) >= 11 is 0. The van der Waals surface area contributed by atoms with E-state index in [1.165, 1.54) is 18.2 Å². The highest BCUT2D eigenvalue weighted by molar-refractivity contribution is 7.91. The van der Waals surface area contributed by atoms with Crippen LogP contribution in [0.5, 0.6) is 11.5 Å². The summed E-state index contributed by atoms with van der Waals surface area (Å²) in [5, 5.41) is 3.29. The van der Waals surface area contributed by atoms with Crippen molar-refractivity contribution in [2.75, 3.05) is 31.0 Å². The minimum atomic E-state index is -3.66. The molecule has 1 atom stereocenters. The summed E-state index contributed by atoms with van der Waals surface area (Å²) in [7, 11) is -7.19. The van der Waals surface area contributed by atoms with E-state index in [0.717, 1.165) is 18.1 Å². The van der Waals surface area contributed by atoms with Crippen LogP contribution in [0.3, 0.4) is 0 Å². The zero-order valence-corrected chi connectivity index (χ0v) is 18.4. The average molecular weight is 440 g/mol. The van der Waals surface area contributed by atoms with E-state index in [9.17, 15) is 16.8 Å². The van der Waals surface area contributed by atoms with E-state index in [-0.39, 0.29) is 21.8 Å². The fourth-order valence-electron chi connectivity index (χ4n) is 3.22. The molecule has 1 aliphatic heterocycles. The van der Waals surface area contributed by atoms with Crippen molar-refractivity contribution in [2.45, 2.75) is 29.7 Å². The molecule has 1 N–H and O–H groups in total. The second kappa shape index (κ2) is 7.87. The summed E-state index contributed by atoms with van der Waals surface area (Å²) in [6.07, 6.45) is 2.11.